The van der Waals surface area contributed by atoms with Crippen molar-refractivity contribution in [1.29, 1.82) is 0 Å². The fourth-order valence-electron chi connectivity index (χ4n) is 3.26. The van der Waals surface area contributed by atoms with Crippen molar-refractivity contribution >= 4 is 11.3 Å². The minimum absolute atomic E-state index is 0.495. The average molecular weight is 405 g/mol. The van der Waals surface area contributed by atoms with Crippen molar-refractivity contribution in [3.8, 4) is 16.2 Å². The molecular weight excluding hydrogens is 387 g/mol. The van der Waals surface area contributed by atoms with Crippen molar-refractivity contribution in [2.45, 2.75) is 25.7 Å². The number of benzene rings is 1. The predicted octanol–water partition coefficient (Wildman–Crippen LogP) is 4.79. The van der Waals surface area contributed by atoms with Crippen molar-refractivity contribution in [2.75, 3.05) is 13.7 Å². The number of halogens is 3. The van der Waals surface area contributed by atoms with Crippen LogP contribution in [0.25, 0.3) is 10.4 Å². The van der Waals surface area contributed by atoms with Crippen molar-refractivity contribution in [1.82, 2.24) is 14.9 Å². The molecule has 0 aliphatic carbocycles. The van der Waals surface area contributed by atoms with Crippen molar-refractivity contribution in [3.05, 3.63) is 64.6 Å². The highest BCUT2D eigenvalue weighted by molar-refractivity contribution is 7.15. The lowest BCUT2D eigenvalue weighted by Gasteiger charge is -2.27. The van der Waals surface area contributed by atoms with Crippen LogP contribution in [0, 0.1) is 0 Å². The van der Waals surface area contributed by atoms with Gasteiger partial charge in [0.1, 0.15) is 5.75 Å². The van der Waals surface area contributed by atoms with Crippen LogP contribution in [0.3, 0.4) is 0 Å². The van der Waals surface area contributed by atoms with E-state index in [9.17, 15) is 13.2 Å². The summed E-state index contributed by atoms with van der Waals surface area (Å²) in [5.74, 6) is -0.237. The smallest absolute Gasteiger partial charge is 0.451 e. The average Bonchev–Trinajstić information content (AvgIpc) is 3.15. The minimum Gasteiger partial charge on any atom is -0.497 e. The molecule has 146 valence electrons. The van der Waals surface area contributed by atoms with Gasteiger partial charge in [-0.25, -0.2) is 9.97 Å². The third-order valence-electron chi connectivity index (χ3n) is 4.66. The van der Waals surface area contributed by atoms with E-state index < -0.39 is 12.0 Å². The number of hydrogen-bond acceptors (Lipinski definition) is 5. The monoisotopic (exact) mass is 405 g/mol. The number of ether oxygens (including phenoxy) is 1. The standard InChI is InChI=1S/C20H18F3N3OS/c1-27-15-4-2-3-13(9-15)18-6-5-16(28-18)12-26-8-7-17-14(11-26)10-24-19(25-17)20(21,22)23/h2-6,9-10H,7-8,11-12H2,1H3. The zero-order valence-electron chi connectivity index (χ0n) is 15.2. The summed E-state index contributed by atoms with van der Waals surface area (Å²) in [6.45, 7) is 1.97. The molecule has 0 saturated heterocycles. The zero-order chi connectivity index (χ0) is 19.7. The van der Waals surface area contributed by atoms with E-state index in [1.54, 1.807) is 18.4 Å². The van der Waals surface area contributed by atoms with Crippen LogP contribution in [0.15, 0.2) is 42.6 Å². The van der Waals surface area contributed by atoms with E-state index in [2.05, 4.69) is 27.0 Å². The van der Waals surface area contributed by atoms with E-state index in [1.807, 2.05) is 24.3 Å². The summed E-state index contributed by atoms with van der Waals surface area (Å²) in [5.41, 5.74) is 2.37. The van der Waals surface area contributed by atoms with Crippen LogP contribution in [-0.4, -0.2) is 28.5 Å². The van der Waals surface area contributed by atoms with Crippen LogP contribution in [0.5, 0.6) is 5.75 Å². The quantitative estimate of drug-likeness (QED) is 0.626. The largest absolute Gasteiger partial charge is 0.497 e. The van der Waals surface area contributed by atoms with E-state index in [0.29, 0.717) is 25.2 Å². The molecule has 0 N–H and O–H groups in total. The van der Waals surface area contributed by atoms with Gasteiger partial charge in [0, 0.05) is 47.6 Å². The van der Waals surface area contributed by atoms with Gasteiger partial charge in [-0.3, -0.25) is 4.90 Å². The molecule has 0 amide bonds. The molecule has 4 rings (SSSR count). The number of methoxy groups -OCH3 is 1. The lowest BCUT2D eigenvalue weighted by Crippen LogP contribution is -2.31. The summed E-state index contributed by atoms with van der Waals surface area (Å²) in [7, 11) is 1.65. The fraction of sp³-hybridized carbons (Fsp3) is 0.300. The Labute approximate surface area is 164 Å². The molecule has 1 aliphatic rings. The van der Waals surface area contributed by atoms with Gasteiger partial charge in [-0.2, -0.15) is 13.2 Å². The Hall–Kier alpha value is -2.45. The van der Waals surface area contributed by atoms with E-state index in [0.717, 1.165) is 28.3 Å². The first kappa shape index (κ1) is 18.9. The van der Waals surface area contributed by atoms with Crippen LogP contribution in [-0.2, 0) is 25.7 Å². The Balaban J connectivity index is 1.46. The molecule has 0 atom stereocenters. The molecule has 0 fully saturated rings. The summed E-state index contributed by atoms with van der Waals surface area (Å²) >= 11 is 1.71. The molecule has 1 aliphatic heterocycles. The van der Waals surface area contributed by atoms with Gasteiger partial charge in [0.15, 0.2) is 0 Å². The van der Waals surface area contributed by atoms with E-state index >= 15 is 0 Å². The number of alkyl halides is 3. The first-order valence-electron chi connectivity index (χ1n) is 8.80. The molecule has 0 spiro atoms. The number of rotatable bonds is 4. The van der Waals surface area contributed by atoms with Gasteiger partial charge < -0.3 is 4.74 Å². The first-order valence-corrected chi connectivity index (χ1v) is 9.61. The van der Waals surface area contributed by atoms with Crippen LogP contribution < -0.4 is 4.74 Å². The number of hydrogen-bond donors (Lipinski definition) is 0. The van der Waals surface area contributed by atoms with Crippen LogP contribution in [0.4, 0.5) is 13.2 Å². The first-order chi connectivity index (χ1) is 13.4. The van der Waals surface area contributed by atoms with Gasteiger partial charge in [0.2, 0.25) is 5.82 Å². The molecule has 0 radical (unpaired) electrons. The normalized spacial score (nSPS) is 14.7. The van der Waals surface area contributed by atoms with Crippen LogP contribution >= 0.6 is 11.3 Å². The maximum Gasteiger partial charge on any atom is 0.451 e. The van der Waals surface area contributed by atoms with Crippen molar-refractivity contribution in [3.63, 3.8) is 0 Å². The van der Waals surface area contributed by atoms with Crippen LogP contribution in [0.2, 0.25) is 0 Å². The molecule has 0 saturated carbocycles. The minimum atomic E-state index is -4.50. The Morgan fingerprint density at radius 3 is 2.86 bits per heavy atom. The molecule has 0 unspecified atom stereocenters. The number of nitrogens with zero attached hydrogens (tertiary/aromatic N) is 3. The van der Waals surface area contributed by atoms with Gasteiger partial charge in [-0.1, -0.05) is 12.1 Å². The second-order valence-electron chi connectivity index (χ2n) is 6.62. The molecule has 2 aromatic heterocycles. The molecule has 4 nitrogen and oxygen atoms in total. The highest BCUT2D eigenvalue weighted by Crippen LogP contribution is 2.32. The predicted molar refractivity (Wildman–Crippen MR) is 101 cm³/mol. The molecule has 0 bridgehead atoms. The highest BCUT2D eigenvalue weighted by Gasteiger charge is 2.35. The lowest BCUT2D eigenvalue weighted by atomic mass is 10.1. The number of thiophene rings is 1. The number of aromatic nitrogens is 2. The third-order valence-corrected chi connectivity index (χ3v) is 5.78. The summed E-state index contributed by atoms with van der Waals surface area (Å²) in [5, 5.41) is 0. The Kier molecular flexibility index (Phi) is 5.07. The van der Waals surface area contributed by atoms with E-state index in [1.165, 1.54) is 11.1 Å². The summed E-state index contributed by atoms with van der Waals surface area (Å²) < 4.78 is 43.6. The Bertz CT molecular complexity index is 987. The van der Waals surface area contributed by atoms with E-state index in [-0.39, 0.29) is 0 Å². The lowest BCUT2D eigenvalue weighted by molar-refractivity contribution is -0.145. The Morgan fingerprint density at radius 2 is 2.07 bits per heavy atom. The summed E-state index contributed by atoms with van der Waals surface area (Å²) in [6.07, 6.45) is -2.69. The van der Waals surface area contributed by atoms with Gasteiger partial charge in [0.25, 0.3) is 0 Å². The molecule has 28 heavy (non-hydrogen) atoms. The fourth-order valence-corrected chi connectivity index (χ4v) is 4.31. The second kappa shape index (κ2) is 7.52. The highest BCUT2D eigenvalue weighted by atomic mass is 32.1. The van der Waals surface area contributed by atoms with Gasteiger partial charge in [0.05, 0.1) is 12.8 Å². The van der Waals surface area contributed by atoms with Gasteiger partial charge in [-0.05, 0) is 29.8 Å². The van der Waals surface area contributed by atoms with Gasteiger partial charge >= 0.3 is 6.18 Å². The molecule has 3 heterocycles. The van der Waals surface area contributed by atoms with Gasteiger partial charge in [-0.15, -0.1) is 11.3 Å². The molecule has 3 aromatic rings. The SMILES string of the molecule is COc1cccc(-c2ccc(CN3CCc4nc(C(F)(F)F)ncc4C3)s2)c1. The third kappa shape index (κ3) is 4.02. The van der Waals surface area contributed by atoms with E-state index in [4.69, 9.17) is 4.74 Å². The second-order valence-corrected chi connectivity index (χ2v) is 7.79. The summed E-state index contributed by atoms with van der Waals surface area (Å²) in [4.78, 5) is 11.8. The Morgan fingerprint density at radius 1 is 1.21 bits per heavy atom. The maximum atomic E-state index is 12.8. The summed E-state index contributed by atoms with van der Waals surface area (Å²) in [6, 6.07) is 12.1. The molecule has 8 heteroatoms. The van der Waals surface area contributed by atoms with Crippen molar-refractivity contribution in [2.24, 2.45) is 0 Å². The molecule has 1 aromatic carbocycles. The van der Waals surface area contributed by atoms with Crippen molar-refractivity contribution < 1.29 is 17.9 Å². The van der Waals surface area contributed by atoms with Crippen LogP contribution in [0.1, 0.15) is 22.0 Å². The maximum absolute atomic E-state index is 12.8. The zero-order valence-corrected chi connectivity index (χ0v) is 16.0. The molecular formula is C20H18F3N3OS. The number of fused-ring (bicyclic) bond motifs is 1. The topological polar surface area (TPSA) is 38.2 Å².